The smallest absolute Gasteiger partial charge is 0.303 e. The monoisotopic (exact) mass is 313 g/mol. The maximum atomic E-state index is 12.1. The molecule has 1 unspecified atom stereocenters. The van der Waals surface area contributed by atoms with Gasteiger partial charge in [-0.15, -0.1) is 5.10 Å². The topological polar surface area (TPSA) is 92.2 Å². The van der Waals surface area contributed by atoms with Crippen molar-refractivity contribution in [2.45, 2.75) is 52.4 Å². The minimum absolute atomic E-state index is 0.152. The lowest BCUT2D eigenvalue weighted by Gasteiger charge is -2.16. The molecule has 0 aliphatic heterocycles. The van der Waals surface area contributed by atoms with Gasteiger partial charge in [0.05, 0.1) is 5.69 Å². The molecule has 118 valence electrons. The molecule has 0 aromatic carbocycles. The molecule has 1 heterocycles. The second-order valence-electron chi connectivity index (χ2n) is 6.28. The first-order valence-electron chi connectivity index (χ1n) is 7.04. The van der Waals surface area contributed by atoms with Gasteiger partial charge < -0.3 is 10.4 Å². The molecule has 0 bridgehead atoms. The van der Waals surface area contributed by atoms with Crippen molar-refractivity contribution in [1.82, 2.24) is 14.9 Å². The summed E-state index contributed by atoms with van der Waals surface area (Å²) in [6.07, 6.45) is 1.55. The number of aliphatic carboxylic acids is 1. The Bertz CT molecular complexity index is 494. The van der Waals surface area contributed by atoms with E-state index in [2.05, 4.69) is 14.9 Å². The van der Waals surface area contributed by atoms with Gasteiger partial charge in [-0.25, -0.2) is 0 Å². The lowest BCUT2D eigenvalue weighted by Crippen LogP contribution is -2.27. The average Bonchev–Trinajstić information content (AvgIpc) is 2.85. The SMILES string of the molecule is CC(CCNC(=O)c1snnc1C(C)(C)C)CCC(=O)O. The van der Waals surface area contributed by atoms with Gasteiger partial charge in [-0.3, -0.25) is 9.59 Å². The van der Waals surface area contributed by atoms with Crippen molar-refractivity contribution in [3.8, 4) is 0 Å². The molecule has 0 saturated heterocycles. The molecule has 1 amide bonds. The molecule has 1 aromatic rings. The van der Waals surface area contributed by atoms with E-state index in [9.17, 15) is 9.59 Å². The van der Waals surface area contributed by atoms with E-state index in [1.54, 1.807) is 0 Å². The van der Waals surface area contributed by atoms with Gasteiger partial charge in [-0.1, -0.05) is 32.2 Å². The molecule has 1 rings (SSSR count). The first-order chi connectivity index (χ1) is 9.71. The highest BCUT2D eigenvalue weighted by atomic mass is 32.1. The third-order valence-corrected chi connectivity index (χ3v) is 3.90. The zero-order chi connectivity index (χ0) is 16.0. The van der Waals surface area contributed by atoms with Gasteiger partial charge in [0.15, 0.2) is 0 Å². The number of carbonyl (C=O) groups excluding carboxylic acids is 1. The Labute approximate surface area is 129 Å². The van der Waals surface area contributed by atoms with Crippen LogP contribution >= 0.6 is 11.5 Å². The van der Waals surface area contributed by atoms with Gasteiger partial charge in [0.2, 0.25) is 0 Å². The van der Waals surface area contributed by atoms with Crippen LogP contribution in [-0.2, 0) is 10.2 Å². The van der Waals surface area contributed by atoms with E-state index in [1.165, 1.54) is 0 Å². The van der Waals surface area contributed by atoms with Crippen LogP contribution in [0.5, 0.6) is 0 Å². The van der Waals surface area contributed by atoms with Crippen LogP contribution in [0.3, 0.4) is 0 Å². The number of nitrogens with one attached hydrogen (secondary N) is 1. The molecule has 2 N–H and O–H groups in total. The molecule has 1 aromatic heterocycles. The summed E-state index contributed by atoms with van der Waals surface area (Å²) in [4.78, 5) is 23.2. The lowest BCUT2D eigenvalue weighted by atomic mass is 9.91. The third-order valence-electron chi connectivity index (χ3n) is 3.18. The summed E-state index contributed by atoms with van der Waals surface area (Å²) in [5.41, 5.74) is 0.498. The van der Waals surface area contributed by atoms with Crippen LogP contribution < -0.4 is 5.32 Å². The summed E-state index contributed by atoms with van der Waals surface area (Å²) >= 11 is 1.11. The summed E-state index contributed by atoms with van der Waals surface area (Å²) in [6, 6.07) is 0. The van der Waals surface area contributed by atoms with Crippen molar-refractivity contribution in [3.05, 3.63) is 10.6 Å². The van der Waals surface area contributed by atoms with Crippen molar-refractivity contribution < 1.29 is 14.7 Å². The maximum Gasteiger partial charge on any atom is 0.303 e. The molecule has 21 heavy (non-hydrogen) atoms. The molecule has 0 saturated carbocycles. The Hall–Kier alpha value is -1.50. The molecule has 0 radical (unpaired) electrons. The van der Waals surface area contributed by atoms with Crippen LogP contribution in [0.2, 0.25) is 0 Å². The molecule has 6 nitrogen and oxygen atoms in total. The summed E-state index contributed by atoms with van der Waals surface area (Å²) in [7, 11) is 0. The third kappa shape index (κ3) is 5.79. The van der Waals surface area contributed by atoms with Crippen LogP contribution in [0.15, 0.2) is 0 Å². The predicted molar refractivity (Wildman–Crippen MR) is 81.6 cm³/mol. The van der Waals surface area contributed by atoms with Crippen molar-refractivity contribution in [1.29, 1.82) is 0 Å². The Morgan fingerprint density at radius 3 is 2.57 bits per heavy atom. The van der Waals surface area contributed by atoms with Crippen LogP contribution in [0.4, 0.5) is 0 Å². The number of rotatable bonds is 7. The zero-order valence-corrected chi connectivity index (χ0v) is 13.8. The van der Waals surface area contributed by atoms with Crippen LogP contribution in [0.1, 0.15) is 62.3 Å². The fraction of sp³-hybridized carbons (Fsp3) is 0.714. The number of carboxylic acid groups (broad SMARTS) is 1. The minimum atomic E-state index is -0.781. The fourth-order valence-corrected chi connectivity index (χ4v) is 2.65. The van der Waals surface area contributed by atoms with Crippen LogP contribution in [0, 0.1) is 5.92 Å². The molecule has 0 fully saturated rings. The largest absolute Gasteiger partial charge is 0.481 e. The fourth-order valence-electron chi connectivity index (χ4n) is 1.86. The van der Waals surface area contributed by atoms with Gasteiger partial charge in [-0.05, 0) is 30.3 Å². The first kappa shape index (κ1) is 17.6. The number of nitrogens with zero attached hydrogens (tertiary/aromatic N) is 2. The predicted octanol–water partition coefficient (Wildman–Crippen LogP) is 2.46. The van der Waals surface area contributed by atoms with Crippen molar-refractivity contribution >= 4 is 23.4 Å². The molecule has 0 spiro atoms. The first-order valence-corrected chi connectivity index (χ1v) is 7.82. The van der Waals surface area contributed by atoms with Gasteiger partial charge in [0.25, 0.3) is 5.91 Å². The standard InChI is InChI=1S/C14H23N3O3S/c1-9(5-6-10(18)19)7-8-15-13(20)11-12(14(2,3)4)16-17-21-11/h9H,5-8H2,1-4H3,(H,15,20)(H,18,19). The van der Waals surface area contributed by atoms with Crippen molar-refractivity contribution in [2.24, 2.45) is 5.92 Å². The average molecular weight is 313 g/mol. The molecule has 7 heteroatoms. The number of hydrogen-bond donors (Lipinski definition) is 2. The molecule has 0 aliphatic carbocycles. The lowest BCUT2D eigenvalue weighted by molar-refractivity contribution is -0.137. The second-order valence-corrected chi connectivity index (χ2v) is 7.04. The van der Waals surface area contributed by atoms with Crippen LogP contribution in [0.25, 0.3) is 0 Å². The van der Waals surface area contributed by atoms with E-state index in [0.717, 1.165) is 18.0 Å². The number of hydrogen-bond acceptors (Lipinski definition) is 5. The Kier molecular flexibility index (Phi) is 6.26. The zero-order valence-electron chi connectivity index (χ0n) is 13.0. The quantitative estimate of drug-likeness (QED) is 0.806. The molecular weight excluding hydrogens is 290 g/mol. The minimum Gasteiger partial charge on any atom is -0.481 e. The Morgan fingerprint density at radius 2 is 2.00 bits per heavy atom. The highest BCUT2D eigenvalue weighted by Gasteiger charge is 2.26. The van der Waals surface area contributed by atoms with E-state index < -0.39 is 5.97 Å². The second kappa shape index (κ2) is 7.49. The highest BCUT2D eigenvalue weighted by molar-refractivity contribution is 7.08. The summed E-state index contributed by atoms with van der Waals surface area (Å²) in [5.74, 6) is -0.667. The van der Waals surface area contributed by atoms with Crippen LogP contribution in [-0.4, -0.2) is 33.1 Å². The normalized spacial score (nSPS) is 13.0. The van der Waals surface area contributed by atoms with E-state index in [1.807, 2.05) is 27.7 Å². The molecule has 0 aliphatic rings. The maximum absolute atomic E-state index is 12.1. The van der Waals surface area contributed by atoms with E-state index in [-0.39, 0.29) is 23.7 Å². The number of aromatic nitrogens is 2. The van der Waals surface area contributed by atoms with Crippen molar-refractivity contribution in [3.63, 3.8) is 0 Å². The van der Waals surface area contributed by atoms with Gasteiger partial charge in [0.1, 0.15) is 4.88 Å². The summed E-state index contributed by atoms with van der Waals surface area (Å²) < 4.78 is 3.87. The Balaban J connectivity index is 2.45. The van der Waals surface area contributed by atoms with Gasteiger partial charge in [0, 0.05) is 18.4 Å². The van der Waals surface area contributed by atoms with E-state index in [0.29, 0.717) is 23.5 Å². The van der Waals surface area contributed by atoms with E-state index >= 15 is 0 Å². The van der Waals surface area contributed by atoms with E-state index in [4.69, 9.17) is 5.11 Å². The molecule has 1 atom stereocenters. The van der Waals surface area contributed by atoms with Crippen molar-refractivity contribution in [2.75, 3.05) is 6.54 Å². The summed E-state index contributed by atoms with van der Waals surface area (Å²) in [5, 5.41) is 15.5. The summed E-state index contributed by atoms with van der Waals surface area (Å²) in [6.45, 7) is 8.50. The highest BCUT2D eigenvalue weighted by Crippen LogP contribution is 2.25. The number of carboxylic acids is 1. The van der Waals surface area contributed by atoms with Gasteiger partial charge in [-0.2, -0.15) is 0 Å². The Morgan fingerprint density at radius 1 is 1.33 bits per heavy atom. The number of carbonyl (C=O) groups is 2. The van der Waals surface area contributed by atoms with Gasteiger partial charge >= 0.3 is 5.97 Å². The molecular formula is C14H23N3O3S. The number of amides is 1.